The van der Waals surface area contributed by atoms with Crippen LogP contribution < -0.4 is 0 Å². The minimum Gasteiger partial charge on any atom is -0.392 e. The van der Waals surface area contributed by atoms with Crippen LogP contribution in [0.2, 0.25) is 0 Å². The number of nitrogens with zero attached hydrogens (tertiary/aromatic N) is 1. The SMILES string of the molecule is C=Cc1cc(C)ncc1CO. The molecule has 0 amide bonds. The van der Waals surface area contributed by atoms with Gasteiger partial charge in [0, 0.05) is 17.5 Å². The van der Waals surface area contributed by atoms with Crippen molar-refractivity contribution < 1.29 is 5.11 Å². The molecule has 0 radical (unpaired) electrons. The molecule has 0 aliphatic heterocycles. The lowest BCUT2D eigenvalue weighted by atomic mass is 10.1. The molecule has 0 atom stereocenters. The second-order valence-electron chi connectivity index (χ2n) is 2.39. The fourth-order valence-electron chi connectivity index (χ4n) is 0.931. The first kappa shape index (κ1) is 7.95. The molecule has 0 saturated heterocycles. The van der Waals surface area contributed by atoms with Crippen LogP contribution in [0.25, 0.3) is 6.08 Å². The summed E-state index contributed by atoms with van der Waals surface area (Å²) in [4.78, 5) is 4.05. The fourth-order valence-corrected chi connectivity index (χ4v) is 0.931. The molecule has 0 fully saturated rings. The van der Waals surface area contributed by atoms with E-state index in [0.717, 1.165) is 16.8 Å². The molecular weight excluding hydrogens is 138 g/mol. The van der Waals surface area contributed by atoms with Gasteiger partial charge in [-0.25, -0.2) is 0 Å². The molecule has 0 bridgehead atoms. The molecule has 1 N–H and O–H groups in total. The van der Waals surface area contributed by atoms with Crippen molar-refractivity contribution in [1.29, 1.82) is 0 Å². The van der Waals surface area contributed by atoms with Crippen molar-refractivity contribution in [2.75, 3.05) is 0 Å². The molecule has 1 aromatic heterocycles. The molecule has 0 spiro atoms. The average Bonchev–Trinajstić information content (AvgIpc) is 2.04. The zero-order chi connectivity index (χ0) is 8.27. The first-order valence-electron chi connectivity index (χ1n) is 3.46. The number of aliphatic hydroxyl groups excluding tert-OH is 1. The molecular formula is C9H11NO. The average molecular weight is 149 g/mol. The highest BCUT2D eigenvalue weighted by Crippen LogP contribution is 2.09. The van der Waals surface area contributed by atoms with Crippen LogP contribution in [0.15, 0.2) is 18.8 Å². The van der Waals surface area contributed by atoms with Crippen LogP contribution in [0.4, 0.5) is 0 Å². The lowest BCUT2D eigenvalue weighted by Crippen LogP contribution is -1.91. The monoisotopic (exact) mass is 149 g/mol. The standard InChI is InChI=1S/C9H11NO/c1-3-8-4-7(2)10-5-9(8)6-11/h3-5,11H,1,6H2,2H3. The second-order valence-corrected chi connectivity index (χ2v) is 2.39. The van der Waals surface area contributed by atoms with E-state index in [9.17, 15) is 0 Å². The third kappa shape index (κ3) is 1.65. The molecule has 0 aromatic carbocycles. The molecule has 2 heteroatoms. The van der Waals surface area contributed by atoms with E-state index >= 15 is 0 Å². The Hall–Kier alpha value is -1.15. The number of hydrogen-bond acceptors (Lipinski definition) is 2. The minimum atomic E-state index is 0.0225. The van der Waals surface area contributed by atoms with Crippen molar-refractivity contribution in [3.05, 3.63) is 35.7 Å². The van der Waals surface area contributed by atoms with Crippen LogP contribution in [0.5, 0.6) is 0 Å². The predicted molar refractivity (Wildman–Crippen MR) is 45.0 cm³/mol. The summed E-state index contributed by atoms with van der Waals surface area (Å²) in [6.07, 6.45) is 3.40. The molecule has 58 valence electrons. The van der Waals surface area contributed by atoms with Gasteiger partial charge in [0.25, 0.3) is 0 Å². The number of pyridine rings is 1. The highest BCUT2D eigenvalue weighted by Gasteiger charge is 1.97. The van der Waals surface area contributed by atoms with Gasteiger partial charge in [-0.2, -0.15) is 0 Å². The van der Waals surface area contributed by atoms with E-state index in [1.807, 2.05) is 13.0 Å². The Labute approximate surface area is 66.2 Å². The quantitative estimate of drug-likeness (QED) is 0.691. The summed E-state index contributed by atoms with van der Waals surface area (Å²) in [5.74, 6) is 0. The molecule has 1 aromatic rings. The van der Waals surface area contributed by atoms with Gasteiger partial charge in [0.1, 0.15) is 0 Å². The van der Waals surface area contributed by atoms with Crippen LogP contribution in [0.3, 0.4) is 0 Å². The zero-order valence-electron chi connectivity index (χ0n) is 6.54. The van der Waals surface area contributed by atoms with E-state index in [1.165, 1.54) is 0 Å². The maximum atomic E-state index is 8.85. The normalized spacial score (nSPS) is 9.64. The third-order valence-corrected chi connectivity index (χ3v) is 1.55. The summed E-state index contributed by atoms with van der Waals surface area (Å²) in [6.45, 7) is 5.58. The summed E-state index contributed by atoms with van der Waals surface area (Å²) in [7, 11) is 0. The van der Waals surface area contributed by atoms with Crippen molar-refractivity contribution in [3.63, 3.8) is 0 Å². The molecule has 0 unspecified atom stereocenters. The Morgan fingerprint density at radius 3 is 3.00 bits per heavy atom. The van der Waals surface area contributed by atoms with Gasteiger partial charge in [0.15, 0.2) is 0 Å². The van der Waals surface area contributed by atoms with Crippen molar-refractivity contribution in [2.45, 2.75) is 13.5 Å². The maximum absolute atomic E-state index is 8.85. The van der Waals surface area contributed by atoms with Gasteiger partial charge in [-0.1, -0.05) is 12.7 Å². The lowest BCUT2D eigenvalue weighted by molar-refractivity contribution is 0.281. The van der Waals surface area contributed by atoms with E-state index in [1.54, 1.807) is 12.3 Å². The maximum Gasteiger partial charge on any atom is 0.0702 e. The molecule has 1 heterocycles. The van der Waals surface area contributed by atoms with Gasteiger partial charge in [-0.3, -0.25) is 4.98 Å². The minimum absolute atomic E-state index is 0.0225. The van der Waals surface area contributed by atoms with E-state index in [4.69, 9.17) is 5.11 Å². The van der Waals surface area contributed by atoms with Crippen LogP contribution in [-0.2, 0) is 6.61 Å². The van der Waals surface area contributed by atoms with Gasteiger partial charge >= 0.3 is 0 Å². The second kappa shape index (κ2) is 3.30. The molecule has 1 rings (SSSR count). The van der Waals surface area contributed by atoms with Crippen LogP contribution in [0.1, 0.15) is 16.8 Å². The first-order valence-corrected chi connectivity index (χ1v) is 3.46. The van der Waals surface area contributed by atoms with E-state index in [2.05, 4.69) is 11.6 Å². The zero-order valence-corrected chi connectivity index (χ0v) is 6.54. The van der Waals surface area contributed by atoms with Gasteiger partial charge in [0.05, 0.1) is 6.61 Å². The molecule has 0 saturated carbocycles. The highest BCUT2D eigenvalue weighted by atomic mass is 16.3. The van der Waals surface area contributed by atoms with E-state index in [-0.39, 0.29) is 6.61 Å². The van der Waals surface area contributed by atoms with E-state index < -0.39 is 0 Å². The first-order chi connectivity index (χ1) is 5.27. The van der Waals surface area contributed by atoms with Crippen LogP contribution in [0, 0.1) is 6.92 Å². The molecule has 0 aliphatic rings. The van der Waals surface area contributed by atoms with Crippen molar-refractivity contribution in [2.24, 2.45) is 0 Å². The summed E-state index contributed by atoms with van der Waals surface area (Å²) in [6, 6.07) is 1.90. The van der Waals surface area contributed by atoms with Gasteiger partial charge in [-0.05, 0) is 18.6 Å². The largest absolute Gasteiger partial charge is 0.392 e. The Kier molecular flexibility index (Phi) is 2.39. The molecule has 0 aliphatic carbocycles. The van der Waals surface area contributed by atoms with Crippen molar-refractivity contribution in [3.8, 4) is 0 Å². The number of aliphatic hydroxyl groups is 1. The lowest BCUT2D eigenvalue weighted by Gasteiger charge is -2.01. The van der Waals surface area contributed by atoms with Crippen molar-refractivity contribution in [1.82, 2.24) is 4.98 Å². The van der Waals surface area contributed by atoms with E-state index in [0.29, 0.717) is 0 Å². The summed E-state index contributed by atoms with van der Waals surface area (Å²) >= 11 is 0. The number of aryl methyl sites for hydroxylation is 1. The predicted octanol–water partition coefficient (Wildman–Crippen LogP) is 1.53. The molecule has 11 heavy (non-hydrogen) atoms. The summed E-state index contributed by atoms with van der Waals surface area (Å²) in [5, 5.41) is 8.85. The summed E-state index contributed by atoms with van der Waals surface area (Å²) < 4.78 is 0. The van der Waals surface area contributed by atoms with Gasteiger partial charge in [0.2, 0.25) is 0 Å². The Morgan fingerprint density at radius 1 is 1.73 bits per heavy atom. The number of hydrogen-bond donors (Lipinski definition) is 1. The van der Waals surface area contributed by atoms with Crippen LogP contribution in [-0.4, -0.2) is 10.1 Å². The smallest absolute Gasteiger partial charge is 0.0702 e. The highest BCUT2D eigenvalue weighted by molar-refractivity contribution is 5.51. The number of aromatic nitrogens is 1. The Morgan fingerprint density at radius 2 is 2.45 bits per heavy atom. The topological polar surface area (TPSA) is 33.1 Å². The Balaban J connectivity index is 3.16. The third-order valence-electron chi connectivity index (χ3n) is 1.55. The van der Waals surface area contributed by atoms with Crippen LogP contribution >= 0.6 is 0 Å². The fraction of sp³-hybridized carbons (Fsp3) is 0.222. The van der Waals surface area contributed by atoms with Crippen molar-refractivity contribution >= 4 is 6.08 Å². The summed E-state index contributed by atoms with van der Waals surface area (Å²) in [5.41, 5.74) is 2.72. The molecule has 2 nitrogen and oxygen atoms in total. The Bertz CT molecular complexity index is 268. The number of rotatable bonds is 2. The van der Waals surface area contributed by atoms with Gasteiger partial charge < -0.3 is 5.11 Å². The van der Waals surface area contributed by atoms with Gasteiger partial charge in [-0.15, -0.1) is 0 Å².